The fraction of sp³-hybridized carbons (Fsp3) is 0.344. The average molecular weight is 635 g/mol. The molecule has 44 heavy (non-hydrogen) atoms. The quantitative estimate of drug-likeness (QED) is 0.227. The number of rotatable bonds is 7. The molecular formula is C32H30Cl2FN7O2. The Morgan fingerprint density at radius 2 is 1.91 bits per heavy atom. The highest BCUT2D eigenvalue weighted by Crippen LogP contribution is 2.41. The van der Waals surface area contributed by atoms with Crippen molar-refractivity contribution in [2.24, 2.45) is 0 Å². The van der Waals surface area contributed by atoms with Crippen LogP contribution in [0.25, 0.3) is 32.9 Å². The number of carbonyl (C=O) groups excluding carboxylic acids is 1. The van der Waals surface area contributed by atoms with Crippen LogP contribution in [0.2, 0.25) is 10.0 Å². The van der Waals surface area contributed by atoms with Crippen molar-refractivity contribution in [2.75, 3.05) is 44.7 Å². The molecule has 2 fully saturated rings. The number of fused-ring (bicyclic) bond motifs is 2. The fourth-order valence-electron chi connectivity index (χ4n) is 6.11. The minimum Gasteiger partial charge on any atom is -0.462 e. The van der Waals surface area contributed by atoms with Crippen molar-refractivity contribution in [3.05, 3.63) is 65.0 Å². The van der Waals surface area contributed by atoms with Crippen LogP contribution in [0.4, 0.5) is 10.2 Å². The van der Waals surface area contributed by atoms with Crippen LogP contribution in [-0.2, 0) is 4.79 Å². The van der Waals surface area contributed by atoms with Crippen molar-refractivity contribution in [3.8, 4) is 23.2 Å². The number of likely N-dealkylation sites (tertiary alicyclic amines) is 1. The molecule has 2 aromatic heterocycles. The maximum atomic E-state index is 13.8. The van der Waals surface area contributed by atoms with Crippen LogP contribution in [0.5, 0.6) is 6.01 Å². The summed E-state index contributed by atoms with van der Waals surface area (Å²) < 4.78 is 20.0. The van der Waals surface area contributed by atoms with E-state index < -0.39 is 17.8 Å². The van der Waals surface area contributed by atoms with Gasteiger partial charge in [-0.2, -0.15) is 15.2 Å². The fourth-order valence-corrected chi connectivity index (χ4v) is 6.68. The third kappa shape index (κ3) is 5.63. The first-order chi connectivity index (χ1) is 21.3. The van der Waals surface area contributed by atoms with Crippen molar-refractivity contribution in [1.29, 1.82) is 5.26 Å². The maximum absolute atomic E-state index is 13.8. The monoisotopic (exact) mass is 633 g/mol. The molecule has 4 aromatic rings. The summed E-state index contributed by atoms with van der Waals surface area (Å²) in [5.74, 6) is -1.42. The zero-order valence-corrected chi connectivity index (χ0v) is 25.7. The lowest BCUT2D eigenvalue weighted by molar-refractivity contribution is -0.131. The van der Waals surface area contributed by atoms with Gasteiger partial charge in [-0.15, -0.1) is 0 Å². The van der Waals surface area contributed by atoms with Gasteiger partial charge in [0.2, 0.25) is 0 Å². The molecule has 1 amide bonds. The Bertz CT molecular complexity index is 1810. The summed E-state index contributed by atoms with van der Waals surface area (Å²) in [5.41, 5.74) is 2.32. The molecule has 4 heterocycles. The summed E-state index contributed by atoms with van der Waals surface area (Å²) in [6.45, 7) is 5.27. The Morgan fingerprint density at radius 3 is 2.64 bits per heavy atom. The van der Waals surface area contributed by atoms with Gasteiger partial charge in [0.05, 0.1) is 23.6 Å². The van der Waals surface area contributed by atoms with Crippen LogP contribution >= 0.6 is 23.2 Å². The first kappa shape index (κ1) is 30.0. The minimum atomic E-state index is -1.06. The van der Waals surface area contributed by atoms with Gasteiger partial charge in [-0.05, 0) is 43.5 Å². The Kier molecular flexibility index (Phi) is 8.54. The number of piperazine rings is 1. The van der Waals surface area contributed by atoms with Crippen LogP contribution < -0.4 is 9.64 Å². The Morgan fingerprint density at radius 1 is 1.11 bits per heavy atom. The summed E-state index contributed by atoms with van der Waals surface area (Å²) in [4.78, 5) is 32.3. The van der Waals surface area contributed by atoms with Crippen molar-refractivity contribution in [1.82, 2.24) is 24.8 Å². The van der Waals surface area contributed by atoms with Gasteiger partial charge in [-0.1, -0.05) is 60.1 Å². The number of halogens is 3. The van der Waals surface area contributed by atoms with E-state index in [-0.39, 0.29) is 31.6 Å². The number of ether oxygens (including phenoxy) is 1. The molecule has 1 unspecified atom stereocenters. The summed E-state index contributed by atoms with van der Waals surface area (Å²) in [7, 11) is 2.07. The molecular weight excluding hydrogens is 604 g/mol. The van der Waals surface area contributed by atoms with Gasteiger partial charge in [-0.25, -0.2) is 9.37 Å². The number of carbonyl (C=O) groups is 1. The number of hydrogen-bond donors (Lipinski definition) is 0. The lowest BCUT2D eigenvalue weighted by atomic mass is 9.99. The van der Waals surface area contributed by atoms with E-state index in [1.54, 1.807) is 6.20 Å². The molecule has 2 atom stereocenters. The van der Waals surface area contributed by atoms with Crippen LogP contribution in [0.15, 0.2) is 55.0 Å². The summed E-state index contributed by atoms with van der Waals surface area (Å²) >= 11 is 13.8. The molecule has 2 aliphatic rings. The highest BCUT2D eigenvalue weighted by Gasteiger charge is 2.34. The zero-order valence-electron chi connectivity index (χ0n) is 24.1. The number of aromatic nitrogens is 3. The molecule has 2 saturated heterocycles. The van der Waals surface area contributed by atoms with Crippen LogP contribution in [0, 0.1) is 11.3 Å². The molecule has 2 aromatic carbocycles. The molecule has 12 heteroatoms. The molecule has 0 N–H and O–H groups in total. The molecule has 226 valence electrons. The summed E-state index contributed by atoms with van der Waals surface area (Å²) in [6, 6.07) is 13.5. The Hall–Kier alpha value is -4.04. The number of nitrogens with zero attached hydrogens (tertiary/aromatic N) is 7. The second kappa shape index (κ2) is 12.5. The number of nitriles is 1. The van der Waals surface area contributed by atoms with E-state index in [1.165, 1.54) is 4.90 Å². The second-order valence-electron chi connectivity index (χ2n) is 11.1. The topological polar surface area (TPSA) is 98.5 Å². The predicted molar refractivity (Wildman–Crippen MR) is 170 cm³/mol. The van der Waals surface area contributed by atoms with E-state index in [2.05, 4.69) is 24.6 Å². The van der Waals surface area contributed by atoms with Gasteiger partial charge < -0.3 is 19.4 Å². The van der Waals surface area contributed by atoms with Crippen LogP contribution in [0.3, 0.4) is 0 Å². The number of benzene rings is 2. The molecule has 9 nitrogen and oxygen atoms in total. The van der Waals surface area contributed by atoms with Crippen LogP contribution in [0.1, 0.15) is 19.3 Å². The first-order valence-electron chi connectivity index (χ1n) is 14.4. The number of amides is 1. The SMILES string of the molecule is C=C(F)C(=O)N1CCN(c2nc(OCC3CCCN3C)nc3c(Cl)c(-c4cccc5cccc(Cl)c45)cnc23)C[C@@H]1CC#N. The highest BCUT2D eigenvalue weighted by atomic mass is 35.5. The third-order valence-corrected chi connectivity index (χ3v) is 9.13. The first-order valence-corrected chi connectivity index (χ1v) is 15.2. The van der Waals surface area contributed by atoms with E-state index >= 15 is 0 Å². The largest absolute Gasteiger partial charge is 0.462 e. The molecule has 0 aliphatic carbocycles. The van der Waals surface area contributed by atoms with Crippen molar-refractivity contribution >= 4 is 56.7 Å². The van der Waals surface area contributed by atoms with Gasteiger partial charge in [-0.3, -0.25) is 4.79 Å². The molecule has 0 saturated carbocycles. The molecule has 0 bridgehead atoms. The third-order valence-electron chi connectivity index (χ3n) is 8.43. The second-order valence-corrected chi connectivity index (χ2v) is 11.9. The van der Waals surface area contributed by atoms with Crippen LogP contribution in [-0.4, -0.2) is 82.6 Å². The Labute approximate surface area is 264 Å². The zero-order chi connectivity index (χ0) is 31.0. The number of anilines is 1. The lowest BCUT2D eigenvalue weighted by Gasteiger charge is -2.41. The lowest BCUT2D eigenvalue weighted by Crippen LogP contribution is -2.55. The van der Waals surface area contributed by atoms with Gasteiger partial charge in [0.25, 0.3) is 5.91 Å². The maximum Gasteiger partial charge on any atom is 0.319 e. The summed E-state index contributed by atoms with van der Waals surface area (Å²) in [6.07, 6.45) is 3.80. The van der Waals surface area contributed by atoms with E-state index in [9.17, 15) is 14.4 Å². The van der Waals surface area contributed by atoms with E-state index in [0.29, 0.717) is 45.6 Å². The Balaban J connectivity index is 1.45. The van der Waals surface area contributed by atoms with Crippen molar-refractivity contribution < 1.29 is 13.9 Å². The van der Waals surface area contributed by atoms with E-state index in [1.807, 2.05) is 41.3 Å². The molecule has 2 aliphatic heterocycles. The number of hydrogen-bond acceptors (Lipinski definition) is 8. The average Bonchev–Trinajstić information content (AvgIpc) is 3.44. The van der Waals surface area contributed by atoms with Gasteiger partial charge >= 0.3 is 6.01 Å². The minimum absolute atomic E-state index is 0.0100. The van der Waals surface area contributed by atoms with E-state index in [4.69, 9.17) is 42.9 Å². The standard InChI is InChI=1S/C32H30Cl2FN7O2/c1-19(35)31(43)42-15-14-41(17-21(42)11-12-36)30-29-28(38-32(39-30)44-18-22-8-5-13-40(22)2)27(34)24(16-37-29)23-9-3-6-20-7-4-10-25(33)26(20)23/h3-4,6-7,9-10,16,21-22H,1,5,8,11,13-15,17-18H2,2H3/t21-,22?/m0/s1. The van der Waals surface area contributed by atoms with Gasteiger partial charge in [0, 0.05) is 47.8 Å². The molecule has 6 rings (SSSR count). The predicted octanol–water partition coefficient (Wildman–Crippen LogP) is 6.04. The molecule has 0 radical (unpaired) electrons. The van der Waals surface area contributed by atoms with Crippen molar-refractivity contribution in [2.45, 2.75) is 31.3 Å². The van der Waals surface area contributed by atoms with Crippen molar-refractivity contribution in [3.63, 3.8) is 0 Å². The summed E-state index contributed by atoms with van der Waals surface area (Å²) in [5, 5.41) is 12.3. The van der Waals surface area contributed by atoms with E-state index in [0.717, 1.165) is 35.7 Å². The van der Waals surface area contributed by atoms with Gasteiger partial charge in [0.15, 0.2) is 11.6 Å². The normalized spacial score (nSPS) is 19.0. The van der Waals surface area contributed by atoms with Gasteiger partial charge in [0.1, 0.15) is 17.6 Å². The molecule has 0 spiro atoms. The highest BCUT2D eigenvalue weighted by molar-refractivity contribution is 6.40. The number of likely N-dealkylation sites (N-methyl/N-ethyl adjacent to an activating group) is 1. The smallest absolute Gasteiger partial charge is 0.319 e. The number of pyridine rings is 1.